The highest BCUT2D eigenvalue weighted by Gasteiger charge is 2.28. The molecule has 6 heteroatoms. The van der Waals surface area contributed by atoms with Crippen LogP contribution in [0.4, 0.5) is 0 Å². The number of thioether (sulfide) groups is 2. The Balaban J connectivity index is 3.61. The van der Waals surface area contributed by atoms with Gasteiger partial charge in [-0.25, -0.2) is 0 Å². The molecule has 0 radical (unpaired) electrons. The van der Waals surface area contributed by atoms with Crippen LogP contribution < -0.4 is 0 Å². The van der Waals surface area contributed by atoms with E-state index >= 15 is 0 Å². The van der Waals surface area contributed by atoms with E-state index in [0.29, 0.717) is 0 Å². The van der Waals surface area contributed by atoms with Crippen LogP contribution in [0.1, 0.15) is 47.0 Å². The first-order valence-electron chi connectivity index (χ1n) is 7.99. The summed E-state index contributed by atoms with van der Waals surface area (Å²) in [6.45, 7) is 7.72. The zero-order valence-corrected chi connectivity index (χ0v) is 17.0. The van der Waals surface area contributed by atoms with E-state index in [-0.39, 0.29) is 11.9 Å². The lowest BCUT2D eigenvalue weighted by atomic mass is 9.91. The minimum Gasteiger partial charge on any atom is -0.469 e. The molecule has 0 bridgehead atoms. The molecule has 0 aliphatic rings. The van der Waals surface area contributed by atoms with Crippen LogP contribution in [0.5, 0.6) is 0 Å². The number of carbonyl (C=O) groups excluding carboxylic acids is 2. The van der Waals surface area contributed by atoms with Gasteiger partial charge < -0.3 is 9.47 Å². The summed E-state index contributed by atoms with van der Waals surface area (Å²) in [5.74, 6) is 3.88. The van der Waals surface area contributed by atoms with E-state index in [9.17, 15) is 9.59 Å². The topological polar surface area (TPSA) is 52.6 Å². The van der Waals surface area contributed by atoms with Crippen molar-refractivity contribution in [2.24, 2.45) is 10.8 Å². The molecule has 0 saturated carbocycles. The van der Waals surface area contributed by atoms with Gasteiger partial charge in [-0.15, -0.1) is 0 Å². The fourth-order valence-electron chi connectivity index (χ4n) is 1.88. The van der Waals surface area contributed by atoms with Crippen molar-refractivity contribution in [1.82, 2.24) is 0 Å². The first kappa shape index (κ1) is 22.6. The standard InChI is InChI=1S/C17H32O4S2/c1-16(2,14(18)20-5)8-12-22-10-7-11-23-13-9-17(3,4)15(19)21-6/h7-13H2,1-6H3. The third-order valence-corrected chi connectivity index (χ3v) is 5.94. The van der Waals surface area contributed by atoms with Gasteiger partial charge in [-0.05, 0) is 70.0 Å². The lowest BCUT2D eigenvalue weighted by molar-refractivity contribution is -0.151. The Morgan fingerprint density at radius 3 is 1.39 bits per heavy atom. The summed E-state index contributed by atoms with van der Waals surface area (Å²) >= 11 is 3.77. The predicted octanol–water partition coefficient (Wildman–Crippen LogP) is 4.02. The van der Waals surface area contributed by atoms with E-state index < -0.39 is 10.8 Å². The molecule has 0 rings (SSSR count). The highest BCUT2D eigenvalue weighted by Crippen LogP contribution is 2.26. The lowest BCUT2D eigenvalue weighted by Crippen LogP contribution is -2.26. The first-order chi connectivity index (χ1) is 10.7. The first-order valence-corrected chi connectivity index (χ1v) is 10.3. The Labute approximate surface area is 149 Å². The second-order valence-corrected chi connectivity index (χ2v) is 9.28. The average Bonchev–Trinajstić information content (AvgIpc) is 2.51. The van der Waals surface area contributed by atoms with Gasteiger partial charge in [0.2, 0.25) is 0 Å². The maximum Gasteiger partial charge on any atom is 0.311 e. The van der Waals surface area contributed by atoms with Gasteiger partial charge in [0.15, 0.2) is 0 Å². The maximum absolute atomic E-state index is 11.6. The molecule has 136 valence electrons. The van der Waals surface area contributed by atoms with Gasteiger partial charge in [0, 0.05) is 0 Å². The quantitative estimate of drug-likeness (QED) is 0.385. The molecule has 0 aromatic rings. The normalized spacial score (nSPS) is 12.1. The van der Waals surface area contributed by atoms with Crippen molar-refractivity contribution >= 4 is 35.5 Å². The second-order valence-electron chi connectivity index (χ2n) is 6.83. The van der Waals surface area contributed by atoms with Crippen LogP contribution in [0.2, 0.25) is 0 Å². The minimum atomic E-state index is -0.393. The Morgan fingerprint density at radius 1 is 0.739 bits per heavy atom. The van der Waals surface area contributed by atoms with Crippen molar-refractivity contribution in [3.63, 3.8) is 0 Å². The van der Waals surface area contributed by atoms with Crippen LogP contribution in [0.3, 0.4) is 0 Å². The highest BCUT2D eigenvalue weighted by molar-refractivity contribution is 8.00. The van der Waals surface area contributed by atoms with Crippen molar-refractivity contribution in [1.29, 1.82) is 0 Å². The molecular formula is C17H32O4S2. The number of hydrogen-bond donors (Lipinski definition) is 0. The molecule has 4 nitrogen and oxygen atoms in total. The fourth-order valence-corrected chi connectivity index (χ4v) is 4.48. The molecule has 0 aromatic heterocycles. The summed E-state index contributed by atoms with van der Waals surface area (Å²) in [4.78, 5) is 23.1. The van der Waals surface area contributed by atoms with Crippen molar-refractivity contribution in [3.8, 4) is 0 Å². The molecule has 0 fully saturated rings. The van der Waals surface area contributed by atoms with Crippen molar-refractivity contribution < 1.29 is 19.1 Å². The molecule has 23 heavy (non-hydrogen) atoms. The van der Waals surface area contributed by atoms with Crippen LogP contribution in [0, 0.1) is 10.8 Å². The van der Waals surface area contributed by atoms with Crippen LogP contribution in [-0.4, -0.2) is 49.2 Å². The Hall–Kier alpha value is -0.360. The van der Waals surface area contributed by atoms with Crippen molar-refractivity contribution in [2.75, 3.05) is 37.2 Å². The summed E-state index contributed by atoms with van der Waals surface area (Å²) in [5.41, 5.74) is -0.786. The van der Waals surface area contributed by atoms with Gasteiger partial charge in [0.05, 0.1) is 25.0 Å². The highest BCUT2D eigenvalue weighted by atomic mass is 32.2. The van der Waals surface area contributed by atoms with E-state index in [0.717, 1.165) is 42.3 Å². The predicted molar refractivity (Wildman–Crippen MR) is 100 cm³/mol. The van der Waals surface area contributed by atoms with Gasteiger partial charge in [-0.3, -0.25) is 9.59 Å². The Bertz CT molecular complexity index is 334. The zero-order valence-electron chi connectivity index (χ0n) is 15.4. The van der Waals surface area contributed by atoms with Crippen LogP contribution in [0.15, 0.2) is 0 Å². The second kappa shape index (κ2) is 11.2. The molecule has 0 aliphatic carbocycles. The summed E-state index contributed by atoms with van der Waals surface area (Å²) in [7, 11) is 2.88. The smallest absolute Gasteiger partial charge is 0.311 e. The average molecular weight is 365 g/mol. The van der Waals surface area contributed by atoms with Gasteiger partial charge in [0.1, 0.15) is 0 Å². The number of hydrogen-bond acceptors (Lipinski definition) is 6. The largest absolute Gasteiger partial charge is 0.469 e. The molecule has 0 N–H and O–H groups in total. The van der Waals surface area contributed by atoms with E-state index in [1.807, 2.05) is 51.2 Å². The van der Waals surface area contributed by atoms with Crippen LogP contribution in [-0.2, 0) is 19.1 Å². The van der Waals surface area contributed by atoms with Crippen molar-refractivity contribution in [2.45, 2.75) is 47.0 Å². The summed E-state index contributed by atoms with van der Waals surface area (Å²) in [5, 5.41) is 0. The Kier molecular flexibility index (Phi) is 11.1. The molecular weight excluding hydrogens is 332 g/mol. The number of rotatable bonds is 12. The summed E-state index contributed by atoms with van der Waals surface area (Å²) in [6, 6.07) is 0. The minimum absolute atomic E-state index is 0.137. The molecule has 0 atom stereocenters. The summed E-state index contributed by atoms with van der Waals surface area (Å²) in [6.07, 6.45) is 2.82. The molecule has 0 spiro atoms. The molecule has 0 amide bonds. The zero-order chi connectivity index (χ0) is 17.9. The monoisotopic (exact) mass is 364 g/mol. The third-order valence-electron chi connectivity index (χ3n) is 3.80. The third kappa shape index (κ3) is 9.50. The van der Waals surface area contributed by atoms with E-state index in [2.05, 4.69) is 0 Å². The number of carbonyl (C=O) groups is 2. The molecule has 0 heterocycles. The molecule has 0 saturated heterocycles. The number of methoxy groups -OCH3 is 2. The maximum atomic E-state index is 11.6. The van der Waals surface area contributed by atoms with Crippen molar-refractivity contribution in [3.05, 3.63) is 0 Å². The van der Waals surface area contributed by atoms with Gasteiger partial charge >= 0.3 is 11.9 Å². The van der Waals surface area contributed by atoms with Gasteiger partial charge in [0.25, 0.3) is 0 Å². The van der Waals surface area contributed by atoms with E-state index in [1.54, 1.807) is 0 Å². The fraction of sp³-hybridized carbons (Fsp3) is 0.882. The molecule has 0 aliphatic heterocycles. The lowest BCUT2D eigenvalue weighted by Gasteiger charge is -2.21. The van der Waals surface area contributed by atoms with E-state index in [1.165, 1.54) is 14.2 Å². The summed E-state index contributed by atoms with van der Waals surface area (Å²) < 4.78 is 9.61. The number of esters is 2. The van der Waals surface area contributed by atoms with E-state index in [4.69, 9.17) is 9.47 Å². The van der Waals surface area contributed by atoms with Crippen LogP contribution in [0.25, 0.3) is 0 Å². The van der Waals surface area contributed by atoms with Gasteiger partial charge in [-0.1, -0.05) is 0 Å². The van der Waals surface area contributed by atoms with Gasteiger partial charge in [-0.2, -0.15) is 23.5 Å². The number of ether oxygens (including phenoxy) is 2. The van der Waals surface area contributed by atoms with Crippen LogP contribution >= 0.6 is 23.5 Å². The molecule has 0 aromatic carbocycles. The molecule has 0 unspecified atom stereocenters. The SMILES string of the molecule is COC(=O)C(C)(C)CCSCCCSCCC(C)(C)C(=O)OC. The Morgan fingerprint density at radius 2 is 1.09 bits per heavy atom.